The van der Waals surface area contributed by atoms with Crippen molar-refractivity contribution in [2.24, 2.45) is 46.3 Å². The van der Waals surface area contributed by atoms with Gasteiger partial charge in [-0.3, -0.25) is 9.35 Å². The van der Waals surface area contributed by atoms with Gasteiger partial charge in [-0.15, -0.1) is 0 Å². The van der Waals surface area contributed by atoms with Crippen LogP contribution in [0.4, 0.5) is 0 Å². The zero-order valence-electron chi connectivity index (χ0n) is 25.6. The highest BCUT2D eigenvalue weighted by molar-refractivity contribution is 7.85. The Labute approximate surface area is 239 Å². The van der Waals surface area contributed by atoms with E-state index in [1.807, 2.05) is 14.1 Å². The van der Waals surface area contributed by atoms with Crippen LogP contribution < -0.4 is 5.32 Å². The minimum absolute atomic E-state index is 0.0584. The molecule has 0 aromatic carbocycles. The lowest BCUT2D eigenvalue weighted by Gasteiger charge is -2.61. The molecule has 7 heteroatoms. The summed E-state index contributed by atoms with van der Waals surface area (Å²) in [4.78, 5) is 15.1. The molecule has 0 aliphatic heterocycles. The molecular weight excluding hydrogens is 508 g/mol. The highest BCUT2D eigenvalue weighted by Gasteiger charge is 2.60. The van der Waals surface area contributed by atoms with Crippen LogP contribution >= 0.6 is 0 Å². The summed E-state index contributed by atoms with van der Waals surface area (Å²) in [5.74, 6) is 4.80. The van der Waals surface area contributed by atoms with Crippen molar-refractivity contribution in [3.8, 4) is 0 Å². The van der Waals surface area contributed by atoms with Crippen LogP contribution in [0.25, 0.3) is 0 Å². The summed E-state index contributed by atoms with van der Waals surface area (Å²) in [7, 11) is 0.0392. The Morgan fingerprint density at radius 3 is 2.41 bits per heavy atom. The van der Waals surface area contributed by atoms with Gasteiger partial charge in [0.1, 0.15) is 0 Å². The standard InChI is InChI=1S/C32H58N2O4S/c1-23(11-16-30(35)33-25(18-21-34(4)5)10-8-22-39(36,37)38)27-14-15-28-26-13-12-24-9-6-7-19-31(24,2)29(26)17-20-32(27,28)3/h23-29H,6-22H2,1-5H3,(H,33,35)(H,36,37,38)/t23-,24?,25?,26?,27-,28?,29?,31+,32-/m1/s1. The highest BCUT2D eigenvalue weighted by Crippen LogP contribution is 2.68. The van der Waals surface area contributed by atoms with Crippen LogP contribution in [-0.4, -0.2) is 56.2 Å². The quantitative estimate of drug-likeness (QED) is 0.261. The second kappa shape index (κ2) is 12.7. The Bertz CT molecular complexity index is 938. The molecule has 6 nitrogen and oxygen atoms in total. The van der Waals surface area contributed by atoms with Crippen molar-refractivity contribution in [3.63, 3.8) is 0 Å². The zero-order chi connectivity index (χ0) is 28.4. The van der Waals surface area contributed by atoms with E-state index in [4.69, 9.17) is 4.55 Å². The first-order valence-electron chi connectivity index (χ1n) is 16.2. The Hall–Kier alpha value is -0.660. The van der Waals surface area contributed by atoms with Crippen LogP contribution in [0, 0.1) is 46.3 Å². The molecule has 2 N–H and O–H groups in total. The third kappa shape index (κ3) is 7.23. The summed E-state index contributed by atoms with van der Waals surface area (Å²) in [5.41, 5.74) is 1.02. The first-order valence-corrected chi connectivity index (χ1v) is 17.8. The third-order valence-corrected chi connectivity index (χ3v) is 13.2. The molecule has 0 bridgehead atoms. The van der Waals surface area contributed by atoms with Gasteiger partial charge in [0.15, 0.2) is 0 Å². The molecule has 4 saturated carbocycles. The molecule has 0 radical (unpaired) electrons. The van der Waals surface area contributed by atoms with Gasteiger partial charge in [0.25, 0.3) is 10.1 Å². The smallest absolute Gasteiger partial charge is 0.264 e. The molecule has 226 valence electrons. The SMILES string of the molecule is C[C@H](CCC(=O)NC(CCCS(=O)(=O)O)CCN(C)C)[C@H]1CCC2C3CCC4CCCC[C@]4(C)C3CC[C@@]21C. The van der Waals surface area contributed by atoms with Crippen molar-refractivity contribution in [1.82, 2.24) is 10.2 Å². The van der Waals surface area contributed by atoms with Gasteiger partial charge in [-0.2, -0.15) is 8.42 Å². The Balaban J connectivity index is 1.31. The minimum atomic E-state index is -3.97. The molecule has 9 atom stereocenters. The van der Waals surface area contributed by atoms with E-state index in [1.54, 1.807) is 0 Å². The summed E-state index contributed by atoms with van der Waals surface area (Å²) in [6.07, 6.45) is 17.4. The van der Waals surface area contributed by atoms with Gasteiger partial charge < -0.3 is 10.2 Å². The number of fused-ring (bicyclic) bond motifs is 5. The van der Waals surface area contributed by atoms with Gasteiger partial charge >= 0.3 is 0 Å². The Morgan fingerprint density at radius 2 is 1.69 bits per heavy atom. The summed E-state index contributed by atoms with van der Waals surface area (Å²) in [6.45, 7) is 8.51. The van der Waals surface area contributed by atoms with Gasteiger partial charge in [0, 0.05) is 12.5 Å². The van der Waals surface area contributed by atoms with Gasteiger partial charge in [-0.1, -0.05) is 33.6 Å². The van der Waals surface area contributed by atoms with Crippen LogP contribution in [-0.2, 0) is 14.9 Å². The van der Waals surface area contributed by atoms with Crippen molar-refractivity contribution in [3.05, 3.63) is 0 Å². The topological polar surface area (TPSA) is 86.7 Å². The number of carbonyl (C=O) groups is 1. The van der Waals surface area contributed by atoms with Crippen LogP contribution in [0.3, 0.4) is 0 Å². The number of rotatable bonds is 12. The summed E-state index contributed by atoms with van der Waals surface area (Å²) in [5, 5.41) is 3.20. The minimum Gasteiger partial charge on any atom is -0.353 e. The lowest BCUT2D eigenvalue weighted by molar-refractivity contribution is -0.123. The molecule has 5 unspecified atom stereocenters. The van der Waals surface area contributed by atoms with Crippen molar-refractivity contribution in [2.45, 2.75) is 123 Å². The fourth-order valence-corrected chi connectivity index (χ4v) is 10.9. The summed E-state index contributed by atoms with van der Waals surface area (Å²) in [6, 6.07) is -0.0584. The second-order valence-electron chi connectivity index (χ2n) is 14.9. The highest BCUT2D eigenvalue weighted by atomic mass is 32.2. The molecule has 0 aromatic rings. The number of hydrogen-bond acceptors (Lipinski definition) is 4. The average molecular weight is 567 g/mol. The number of hydrogen-bond donors (Lipinski definition) is 2. The molecule has 4 rings (SSSR count). The van der Waals surface area contributed by atoms with Crippen molar-refractivity contribution >= 4 is 16.0 Å². The normalized spacial score (nSPS) is 38.0. The molecule has 4 fully saturated rings. The van der Waals surface area contributed by atoms with Crippen LogP contribution in [0.5, 0.6) is 0 Å². The number of amides is 1. The average Bonchev–Trinajstić information content (AvgIpc) is 3.22. The zero-order valence-corrected chi connectivity index (χ0v) is 26.4. The molecule has 4 aliphatic carbocycles. The van der Waals surface area contributed by atoms with E-state index >= 15 is 0 Å². The number of nitrogens with zero attached hydrogens (tertiary/aromatic N) is 1. The number of carbonyl (C=O) groups excluding carboxylic acids is 1. The van der Waals surface area contributed by atoms with E-state index in [-0.39, 0.29) is 17.7 Å². The van der Waals surface area contributed by atoms with E-state index in [9.17, 15) is 13.2 Å². The fourth-order valence-electron chi connectivity index (χ4n) is 10.3. The maximum atomic E-state index is 13.0. The van der Waals surface area contributed by atoms with Crippen LogP contribution in [0.15, 0.2) is 0 Å². The number of nitrogens with one attached hydrogen (secondary N) is 1. The lowest BCUT2D eigenvalue weighted by atomic mass is 9.44. The molecule has 1 amide bonds. The monoisotopic (exact) mass is 566 g/mol. The molecule has 39 heavy (non-hydrogen) atoms. The van der Waals surface area contributed by atoms with Crippen molar-refractivity contribution < 1.29 is 17.8 Å². The van der Waals surface area contributed by atoms with Crippen molar-refractivity contribution in [1.29, 1.82) is 0 Å². The van der Waals surface area contributed by atoms with E-state index in [0.29, 0.717) is 41.9 Å². The van der Waals surface area contributed by atoms with Gasteiger partial charge in [0.05, 0.1) is 5.75 Å². The fraction of sp³-hybridized carbons (Fsp3) is 0.969. The van der Waals surface area contributed by atoms with Gasteiger partial charge in [0.2, 0.25) is 5.91 Å². The van der Waals surface area contributed by atoms with Gasteiger partial charge in [-0.05, 0) is 144 Å². The van der Waals surface area contributed by atoms with E-state index in [0.717, 1.165) is 43.1 Å². The molecule has 0 aromatic heterocycles. The Morgan fingerprint density at radius 1 is 0.949 bits per heavy atom. The van der Waals surface area contributed by atoms with E-state index in [2.05, 4.69) is 31.0 Å². The van der Waals surface area contributed by atoms with E-state index in [1.165, 1.54) is 64.2 Å². The lowest BCUT2D eigenvalue weighted by Crippen LogP contribution is -2.53. The molecule has 0 heterocycles. The van der Waals surface area contributed by atoms with Gasteiger partial charge in [-0.25, -0.2) is 0 Å². The largest absolute Gasteiger partial charge is 0.353 e. The third-order valence-electron chi connectivity index (χ3n) is 12.4. The molecular formula is C32H58N2O4S. The molecule has 0 spiro atoms. The van der Waals surface area contributed by atoms with E-state index < -0.39 is 10.1 Å². The predicted octanol–water partition coefficient (Wildman–Crippen LogP) is 6.56. The first kappa shape index (κ1) is 31.3. The maximum absolute atomic E-state index is 13.0. The van der Waals surface area contributed by atoms with Crippen molar-refractivity contribution in [2.75, 3.05) is 26.4 Å². The van der Waals surface area contributed by atoms with Crippen LogP contribution in [0.1, 0.15) is 117 Å². The van der Waals surface area contributed by atoms with Crippen LogP contribution in [0.2, 0.25) is 0 Å². The predicted molar refractivity (Wildman–Crippen MR) is 159 cm³/mol. The summed E-state index contributed by atoms with van der Waals surface area (Å²) >= 11 is 0. The summed E-state index contributed by atoms with van der Waals surface area (Å²) < 4.78 is 31.4. The second-order valence-corrected chi connectivity index (χ2v) is 16.5. The first-order chi connectivity index (χ1) is 18.3. The molecule has 0 saturated heterocycles. The Kier molecular flexibility index (Phi) is 10.2. The maximum Gasteiger partial charge on any atom is 0.264 e. The molecule has 4 aliphatic rings.